The van der Waals surface area contributed by atoms with Crippen LogP contribution >= 0.6 is 0 Å². The second-order valence-corrected chi connectivity index (χ2v) is 7.94. The molecule has 4 heteroatoms. The van der Waals surface area contributed by atoms with E-state index < -0.39 is 0 Å². The summed E-state index contributed by atoms with van der Waals surface area (Å²) in [5, 5.41) is 0. The molecule has 4 nitrogen and oxygen atoms in total. The summed E-state index contributed by atoms with van der Waals surface area (Å²) in [5.74, 6) is 0. The van der Waals surface area contributed by atoms with E-state index in [2.05, 4.69) is 51.3 Å². The summed E-state index contributed by atoms with van der Waals surface area (Å²) in [4.78, 5) is 4.90. The lowest BCUT2D eigenvalue weighted by Gasteiger charge is -2.38. The molecule has 0 radical (unpaired) electrons. The van der Waals surface area contributed by atoms with E-state index >= 15 is 0 Å². The molecule has 2 fully saturated rings. The average Bonchev–Trinajstić information content (AvgIpc) is 2.77. The Balaban J connectivity index is 0.000000200. The number of rotatable bonds is 0. The van der Waals surface area contributed by atoms with Gasteiger partial charge in [-0.15, -0.1) is 0 Å². The maximum absolute atomic E-state index is 5.78. The highest BCUT2D eigenvalue weighted by Crippen LogP contribution is 2.19. The highest BCUT2D eigenvalue weighted by molar-refractivity contribution is 4.86. The van der Waals surface area contributed by atoms with Crippen LogP contribution in [-0.2, 0) is 4.74 Å². The molecule has 0 amide bonds. The first-order chi connectivity index (χ1) is 9.10. The molecule has 1 atom stereocenters. The highest BCUT2D eigenvalue weighted by Gasteiger charge is 2.27. The lowest BCUT2D eigenvalue weighted by Crippen LogP contribution is -2.47. The minimum absolute atomic E-state index is 0.314. The minimum atomic E-state index is 0.314. The fourth-order valence-corrected chi connectivity index (χ4v) is 2.63. The molecule has 20 heavy (non-hydrogen) atoms. The number of morpholine rings is 1. The first kappa shape index (κ1) is 17.9. The number of nitrogens with two attached hydrogens (primary N) is 1. The van der Waals surface area contributed by atoms with E-state index in [9.17, 15) is 0 Å². The Morgan fingerprint density at radius 3 is 1.60 bits per heavy atom. The fraction of sp³-hybridized carbons (Fsp3) is 1.00. The standard InChI is InChI=1S/C8H18N2.C8H17NO/c1-8(2,3)10-5-4-7(9)6-10;1-8(2,3)9-4-6-10-7-5-9/h7H,4-6,9H2,1-3H3;4-7H2,1-3H3. The van der Waals surface area contributed by atoms with Gasteiger partial charge in [-0.05, 0) is 48.0 Å². The molecule has 2 saturated heterocycles. The van der Waals surface area contributed by atoms with E-state index in [1.165, 1.54) is 6.54 Å². The van der Waals surface area contributed by atoms with Crippen molar-refractivity contribution >= 4 is 0 Å². The van der Waals surface area contributed by atoms with Gasteiger partial charge in [0.05, 0.1) is 13.2 Å². The Labute approximate surface area is 125 Å². The quantitative estimate of drug-likeness (QED) is 0.738. The molecule has 0 bridgehead atoms. The molecule has 0 aromatic carbocycles. The van der Waals surface area contributed by atoms with Crippen LogP contribution in [0.25, 0.3) is 0 Å². The smallest absolute Gasteiger partial charge is 0.0594 e. The van der Waals surface area contributed by atoms with Gasteiger partial charge in [-0.25, -0.2) is 0 Å². The third-order valence-electron chi connectivity index (χ3n) is 4.13. The van der Waals surface area contributed by atoms with Crippen molar-refractivity contribution in [1.82, 2.24) is 9.80 Å². The molecular weight excluding hydrogens is 250 g/mol. The molecule has 0 aromatic rings. The van der Waals surface area contributed by atoms with Gasteiger partial charge in [0.2, 0.25) is 0 Å². The Hall–Kier alpha value is -0.160. The molecule has 0 aliphatic carbocycles. The van der Waals surface area contributed by atoms with E-state index in [0.29, 0.717) is 17.1 Å². The van der Waals surface area contributed by atoms with Gasteiger partial charge < -0.3 is 10.5 Å². The summed E-state index contributed by atoms with van der Waals surface area (Å²) < 4.78 is 5.25. The Kier molecular flexibility index (Phi) is 6.45. The Morgan fingerprint density at radius 1 is 0.850 bits per heavy atom. The maximum Gasteiger partial charge on any atom is 0.0594 e. The van der Waals surface area contributed by atoms with Crippen molar-refractivity contribution in [2.75, 3.05) is 39.4 Å². The van der Waals surface area contributed by atoms with Crippen LogP contribution in [0.15, 0.2) is 0 Å². The van der Waals surface area contributed by atoms with Crippen LogP contribution in [0.3, 0.4) is 0 Å². The molecule has 1 unspecified atom stereocenters. The minimum Gasteiger partial charge on any atom is -0.379 e. The molecule has 0 spiro atoms. The van der Waals surface area contributed by atoms with Crippen molar-refractivity contribution in [2.45, 2.75) is 65.1 Å². The first-order valence-electron chi connectivity index (χ1n) is 7.94. The molecule has 0 aromatic heterocycles. The number of ether oxygens (including phenoxy) is 1. The molecule has 2 aliphatic heterocycles. The lowest BCUT2D eigenvalue weighted by molar-refractivity contribution is -0.00389. The monoisotopic (exact) mass is 285 g/mol. The van der Waals surface area contributed by atoms with Gasteiger partial charge >= 0.3 is 0 Å². The number of nitrogens with zero attached hydrogens (tertiary/aromatic N) is 2. The van der Waals surface area contributed by atoms with E-state index in [1.807, 2.05) is 0 Å². The zero-order valence-electron chi connectivity index (χ0n) is 14.4. The SMILES string of the molecule is CC(C)(C)N1CCC(N)C1.CC(C)(C)N1CCOCC1. The third kappa shape index (κ3) is 6.08. The molecule has 2 N–H and O–H groups in total. The predicted molar refractivity (Wildman–Crippen MR) is 86.1 cm³/mol. The van der Waals surface area contributed by atoms with E-state index in [4.69, 9.17) is 10.5 Å². The summed E-state index contributed by atoms with van der Waals surface area (Å²) in [6.45, 7) is 19.7. The van der Waals surface area contributed by atoms with E-state index in [0.717, 1.165) is 39.3 Å². The van der Waals surface area contributed by atoms with Gasteiger partial charge in [-0.3, -0.25) is 9.80 Å². The zero-order valence-corrected chi connectivity index (χ0v) is 14.4. The summed E-state index contributed by atoms with van der Waals surface area (Å²) >= 11 is 0. The average molecular weight is 285 g/mol. The fourth-order valence-electron chi connectivity index (χ4n) is 2.63. The number of hydrogen-bond acceptors (Lipinski definition) is 4. The molecular formula is C16H35N3O. The Bertz CT molecular complexity index is 260. The zero-order chi connectivity index (χ0) is 15.4. The topological polar surface area (TPSA) is 41.7 Å². The van der Waals surface area contributed by atoms with E-state index in [1.54, 1.807) is 0 Å². The third-order valence-corrected chi connectivity index (χ3v) is 4.13. The van der Waals surface area contributed by atoms with Crippen LogP contribution in [0.1, 0.15) is 48.0 Å². The van der Waals surface area contributed by atoms with Crippen molar-refractivity contribution in [3.63, 3.8) is 0 Å². The van der Waals surface area contributed by atoms with Gasteiger partial charge in [0, 0.05) is 43.3 Å². The van der Waals surface area contributed by atoms with Crippen molar-refractivity contribution < 1.29 is 4.74 Å². The second-order valence-electron chi connectivity index (χ2n) is 7.94. The van der Waals surface area contributed by atoms with Crippen molar-refractivity contribution in [3.05, 3.63) is 0 Å². The maximum atomic E-state index is 5.78. The normalized spacial score (nSPS) is 26.2. The lowest BCUT2D eigenvalue weighted by atomic mass is 10.1. The van der Waals surface area contributed by atoms with Crippen molar-refractivity contribution in [1.29, 1.82) is 0 Å². The molecule has 120 valence electrons. The van der Waals surface area contributed by atoms with Crippen LogP contribution in [0.4, 0.5) is 0 Å². The van der Waals surface area contributed by atoms with Gasteiger partial charge in [0.15, 0.2) is 0 Å². The summed E-state index contributed by atoms with van der Waals surface area (Å²) in [6.07, 6.45) is 1.16. The first-order valence-corrected chi connectivity index (χ1v) is 7.94. The van der Waals surface area contributed by atoms with E-state index in [-0.39, 0.29) is 0 Å². The van der Waals surface area contributed by atoms with Gasteiger partial charge in [-0.1, -0.05) is 0 Å². The van der Waals surface area contributed by atoms with Gasteiger partial charge in [0.25, 0.3) is 0 Å². The van der Waals surface area contributed by atoms with Gasteiger partial charge in [0.1, 0.15) is 0 Å². The molecule has 2 aliphatic rings. The molecule has 2 rings (SSSR count). The van der Waals surface area contributed by atoms with Gasteiger partial charge in [-0.2, -0.15) is 0 Å². The van der Waals surface area contributed by atoms with Crippen LogP contribution in [0, 0.1) is 0 Å². The summed E-state index contributed by atoms with van der Waals surface area (Å²) in [6, 6.07) is 0.416. The van der Waals surface area contributed by atoms with Crippen LogP contribution in [0.2, 0.25) is 0 Å². The molecule has 2 heterocycles. The largest absolute Gasteiger partial charge is 0.379 e. The van der Waals surface area contributed by atoms with Crippen LogP contribution < -0.4 is 5.73 Å². The molecule has 0 saturated carbocycles. The van der Waals surface area contributed by atoms with Crippen LogP contribution in [-0.4, -0.2) is 66.3 Å². The summed E-state index contributed by atoms with van der Waals surface area (Å²) in [7, 11) is 0. The van der Waals surface area contributed by atoms with Crippen molar-refractivity contribution in [2.24, 2.45) is 5.73 Å². The second kappa shape index (κ2) is 7.21. The predicted octanol–water partition coefficient (Wildman–Crippen LogP) is 1.94. The number of likely N-dealkylation sites (tertiary alicyclic amines) is 1. The number of hydrogen-bond donors (Lipinski definition) is 1. The van der Waals surface area contributed by atoms with Crippen molar-refractivity contribution in [3.8, 4) is 0 Å². The van der Waals surface area contributed by atoms with Crippen LogP contribution in [0.5, 0.6) is 0 Å². The summed E-state index contributed by atoms with van der Waals surface area (Å²) in [5.41, 5.74) is 6.42. The Morgan fingerprint density at radius 2 is 1.35 bits per heavy atom. The highest BCUT2D eigenvalue weighted by atomic mass is 16.5.